The fourth-order valence-corrected chi connectivity index (χ4v) is 6.50. The van der Waals surface area contributed by atoms with Gasteiger partial charge in [-0.3, -0.25) is 20.0 Å². The summed E-state index contributed by atoms with van der Waals surface area (Å²) in [6, 6.07) is 21.3. The van der Waals surface area contributed by atoms with Crippen LogP contribution in [0.3, 0.4) is 0 Å². The Labute approximate surface area is 294 Å². The number of fused-ring (bicyclic) bond motifs is 1. The maximum Gasteiger partial charge on any atom is 0.227 e. The second kappa shape index (κ2) is 18.2. The quantitative estimate of drug-likeness (QED) is 0.0894. The summed E-state index contributed by atoms with van der Waals surface area (Å²) in [5, 5.41) is 44.0. The monoisotopic (exact) mass is 683 g/mol. The molecule has 0 saturated heterocycles. The van der Waals surface area contributed by atoms with E-state index in [1.54, 1.807) is 18.2 Å². The van der Waals surface area contributed by atoms with Gasteiger partial charge in [-0.1, -0.05) is 67.9 Å². The predicted molar refractivity (Wildman–Crippen MR) is 194 cm³/mol. The van der Waals surface area contributed by atoms with Crippen molar-refractivity contribution in [2.75, 3.05) is 19.8 Å². The largest absolute Gasteiger partial charge is 0.504 e. The van der Waals surface area contributed by atoms with E-state index in [9.17, 15) is 25.2 Å². The number of aromatic hydroxyl groups is 1. The summed E-state index contributed by atoms with van der Waals surface area (Å²) in [5.41, 5.74) is 14.5. The minimum Gasteiger partial charge on any atom is -0.504 e. The predicted octanol–water partition coefficient (Wildman–Crippen LogP) is 3.18. The number of Topliss-reactive ketones (excluding diaryl/α,β-unsaturated/α-hetero) is 1. The molecule has 4 atom stereocenters. The van der Waals surface area contributed by atoms with Gasteiger partial charge in [-0.15, -0.1) is 0 Å². The Balaban J connectivity index is 1.13. The molecule has 8 N–H and O–H groups in total. The summed E-state index contributed by atoms with van der Waals surface area (Å²) in [4.78, 5) is 18.2. The van der Waals surface area contributed by atoms with Crippen LogP contribution in [0.1, 0.15) is 73.0 Å². The highest BCUT2D eigenvalue weighted by atomic mass is 16.5. The number of quaternary nitrogens is 1. The molecule has 3 aromatic rings. The lowest BCUT2D eigenvalue weighted by Crippen LogP contribution is -3.07. The van der Waals surface area contributed by atoms with Crippen LogP contribution in [0.25, 0.3) is 0 Å². The number of nitrogens with zero attached hydrogens (tertiary/aromatic N) is 1. The van der Waals surface area contributed by atoms with Crippen molar-refractivity contribution in [2.45, 2.75) is 83.3 Å². The van der Waals surface area contributed by atoms with Crippen LogP contribution < -0.4 is 20.7 Å². The first-order chi connectivity index (χ1) is 24.2. The number of allylic oxidation sites excluding steroid dienone is 1. The van der Waals surface area contributed by atoms with Crippen LogP contribution in [0, 0.1) is 0 Å². The summed E-state index contributed by atoms with van der Waals surface area (Å²) in [5.74, 6) is 0.294. The molecule has 0 aliphatic carbocycles. The average Bonchev–Trinajstić information content (AvgIpc) is 3.68. The molecule has 0 aromatic heterocycles. The van der Waals surface area contributed by atoms with Gasteiger partial charge in [0.25, 0.3) is 0 Å². The van der Waals surface area contributed by atoms with E-state index in [1.807, 2.05) is 43.5 Å². The van der Waals surface area contributed by atoms with E-state index in [2.05, 4.69) is 34.7 Å². The number of phenols is 1. The Morgan fingerprint density at radius 1 is 1.02 bits per heavy atom. The molecule has 3 aromatic carbocycles. The smallest absolute Gasteiger partial charge is 0.227 e. The topological polar surface area (TPSA) is 162 Å². The van der Waals surface area contributed by atoms with Gasteiger partial charge in [0.1, 0.15) is 24.2 Å². The fourth-order valence-electron chi connectivity index (χ4n) is 6.50. The number of phenolic OH excluding ortho intramolecular Hbond substituents is 1. The number of nitrogens with one attached hydrogen (secondary N) is 2. The zero-order chi connectivity index (χ0) is 35.5. The van der Waals surface area contributed by atoms with Crippen LogP contribution in [0.15, 0.2) is 95.3 Å². The molecule has 10 nitrogen and oxygen atoms in total. The second-order valence-corrected chi connectivity index (χ2v) is 13.3. The molecule has 266 valence electrons. The molecule has 0 bridgehead atoms. The number of rotatable bonds is 20. The van der Waals surface area contributed by atoms with E-state index in [0.717, 1.165) is 63.4 Å². The van der Waals surface area contributed by atoms with Gasteiger partial charge in [0.05, 0.1) is 30.6 Å². The lowest BCUT2D eigenvalue weighted by molar-refractivity contribution is -0.851. The Kier molecular flexibility index (Phi) is 13.5. The number of ether oxygens (including phenoxy) is 1. The van der Waals surface area contributed by atoms with E-state index >= 15 is 0 Å². The third-order valence-corrected chi connectivity index (χ3v) is 9.30. The molecule has 5 rings (SSSR count). The number of aliphatic hydroxyl groups excluding tert-OH is 3. The molecule has 0 fully saturated rings. The first-order valence-corrected chi connectivity index (χ1v) is 17.6. The van der Waals surface area contributed by atoms with Gasteiger partial charge in [-0.05, 0) is 71.2 Å². The molecule has 10 heteroatoms. The average molecular weight is 684 g/mol. The van der Waals surface area contributed by atoms with E-state index in [0.29, 0.717) is 31.6 Å². The van der Waals surface area contributed by atoms with Crippen LogP contribution in [-0.4, -0.2) is 63.9 Å². The summed E-state index contributed by atoms with van der Waals surface area (Å²) in [6.07, 6.45) is 6.04. The van der Waals surface area contributed by atoms with Crippen molar-refractivity contribution in [3.8, 4) is 11.5 Å². The van der Waals surface area contributed by atoms with Crippen molar-refractivity contribution in [2.24, 2.45) is 10.7 Å². The number of hydrogen-bond donors (Lipinski definition) is 7. The maximum absolute atomic E-state index is 12.5. The van der Waals surface area contributed by atoms with Crippen LogP contribution in [-0.2, 0) is 30.7 Å². The Bertz CT molecular complexity index is 1690. The number of ketones is 1. The summed E-state index contributed by atoms with van der Waals surface area (Å²) < 4.78 is 6.04. The molecule has 50 heavy (non-hydrogen) atoms. The molecule has 0 saturated carbocycles. The van der Waals surface area contributed by atoms with Crippen molar-refractivity contribution in [1.82, 2.24) is 5.32 Å². The first-order valence-electron chi connectivity index (χ1n) is 17.6. The number of benzene rings is 3. The number of hydrogen-bond acceptors (Lipinski definition) is 9. The molecule has 0 amide bonds. The van der Waals surface area contributed by atoms with Gasteiger partial charge >= 0.3 is 0 Å². The minimum absolute atomic E-state index is 0.0161. The van der Waals surface area contributed by atoms with Crippen molar-refractivity contribution in [3.63, 3.8) is 0 Å². The summed E-state index contributed by atoms with van der Waals surface area (Å²) >= 11 is 0. The zero-order valence-electron chi connectivity index (χ0n) is 28.9. The third-order valence-electron chi connectivity index (χ3n) is 9.30. The van der Waals surface area contributed by atoms with Crippen LogP contribution in [0.4, 0.5) is 0 Å². The van der Waals surface area contributed by atoms with Crippen molar-refractivity contribution < 1.29 is 34.9 Å². The molecule has 0 radical (unpaired) electrons. The van der Waals surface area contributed by atoms with Crippen LogP contribution in [0.2, 0.25) is 0 Å². The highest BCUT2D eigenvalue weighted by Gasteiger charge is 2.31. The summed E-state index contributed by atoms with van der Waals surface area (Å²) in [7, 11) is 0. The van der Waals surface area contributed by atoms with Crippen LogP contribution in [0.5, 0.6) is 11.5 Å². The molecule has 2 aliphatic heterocycles. The Morgan fingerprint density at radius 2 is 1.84 bits per heavy atom. The van der Waals surface area contributed by atoms with E-state index in [1.165, 1.54) is 5.56 Å². The lowest BCUT2D eigenvalue weighted by Gasteiger charge is -2.17. The second-order valence-electron chi connectivity index (χ2n) is 13.3. The van der Waals surface area contributed by atoms with Crippen molar-refractivity contribution in [3.05, 3.63) is 118 Å². The standard InChI is InChI=1S/C40H50N4O6/c1-2-6-33(46)20-35(48)21-34(47)13-9-28-10-14-38(49)39(17-28)50-26-44-23-36-32(22-43-37(36)24-44)19-31-18-29(11-12-30(31)25-45)40(41)42-16-15-27-7-4-3-5-8-27/h3-5,7-8,10-12,14,17-18,22-23,33,35,40,42,45-46,48-49H,2,6,9,13,15-16,19-21,24-26,41H2,1H3/p+1. The molecular formula is C40H51N4O6+. The molecule has 4 unspecified atom stereocenters. The van der Waals surface area contributed by atoms with Crippen molar-refractivity contribution in [1.29, 1.82) is 0 Å². The third kappa shape index (κ3) is 10.4. The van der Waals surface area contributed by atoms with Crippen molar-refractivity contribution >= 4 is 11.5 Å². The van der Waals surface area contributed by atoms with Gasteiger partial charge < -0.3 is 30.9 Å². The van der Waals surface area contributed by atoms with Gasteiger partial charge in [0.15, 0.2) is 11.5 Å². The van der Waals surface area contributed by atoms with Gasteiger partial charge in [-0.25, -0.2) is 0 Å². The first kappa shape index (κ1) is 37.1. The normalized spacial score (nSPS) is 17.1. The Hall–Kier alpha value is -4.16. The fraction of sp³-hybridized carbons (Fsp3) is 0.400. The van der Waals surface area contributed by atoms with Gasteiger partial charge in [0.2, 0.25) is 6.73 Å². The number of aryl methyl sites for hydroxylation is 1. The van der Waals surface area contributed by atoms with E-state index < -0.39 is 12.2 Å². The molecule has 2 aliphatic rings. The number of carbonyl (C=O) groups is 1. The summed E-state index contributed by atoms with van der Waals surface area (Å²) in [6.45, 7) is 3.56. The SMILES string of the molecule is CCCC(O)CC(O)CC(=O)CCc1ccc(O)c(OC[NH+]2C=C3C(Cc4cc(C(N)NCCc5ccccc5)ccc4CO)=CN=C3C2)c1. The van der Waals surface area contributed by atoms with E-state index in [-0.39, 0.29) is 50.3 Å². The number of carbonyl (C=O) groups excluding carboxylic acids is 1. The van der Waals surface area contributed by atoms with E-state index in [4.69, 9.17) is 10.5 Å². The zero-order valence-corrected chi connectivity index (χ0v) is 28.9. The number of aliphatic imine (C=N–C) groups is 1. The number of nitrogens with two attached hydrogens (primary N) is 1. The number of aliphatic hydroxyl groups is 3. The minimum atomic E-state index is -0.849. The highest BCUT2D eigenvalue weighted by molar-refractivity contribution is 6.08. The maximum atomic E-state index is 12.5. The van der Waals surface area contributed by atoms with Crippen LogP contribution >= 0.6 is 0 Å². The molecular weight excluding hydrogens is 632 g/mol. The molecule has 2 heterocycles. The lowest BCUT2D eigenvalue weighted by atomic mass is 9.94. The molecule has 0 spiro atoms. The van der Waals surface area contributed by atoms with Gasteiger partial charge in [-0.2, -0.15) is 0 Å². The van der Waals surface area contributed by atoms with Gasteiger partial charge in [0, 0.05) is 32.0 Å². The highest BCUT2D eigenvalue weighted by Crippen LogP contribution is 2.29. The Morgan fingerprint density at radius 3 is 2.62 bits per heavy atom.